The van der Waals surface area contributed by atoms with Crippen molar-refractivity contribution in [3.63, 3.8) is 0 Å². The maximum Gasteiger partial charge on any atom is 0.416 e. The second kappa shape index (κ2) is 5.98. The number of halogens is 3. The molecule has 4 nitrogen and oxygen atoms in total. The number of sulfonamides is 1. The molecule has 0 aliphatic heterocycles. The van der Waals surface area contributed by atoms with Crippen molar-refractivity contribution < 1.29 is 21.6 Å². The molecule has 120 valence electrons. The zero-order chi connectivity index (χ0) is 16.5. The minimum absolute atomic E-state index is 0.0562. The first kappa shape index (κ1) is 16.9. The van der Waals surface area contributed by atoms with Crippen LogP contribution in [0.3, 0.4) is 0 Å². The Morgan fingerprint density at radius 3 is 2.23 bits per heavy atom. The number of thiazole rings is 1. The lowest BCUT2D eigenvalue weighted by molar-refractivity contribution is -0.137. The van der Waals surface area contributed by atoms with Crippen molar-refractivity contribution >= 4 is 21.4 Å². The van der Waals surface area contributed by atoms with Gasteiger partial charge in [-0.05, 0) is 38.1 Å². The fraction of sp³-hybridized carbons (Fsp3) is 0.308. The van der Waals surface area contributed by atoms with Gasteiger partial charge in [-0.2, -0.15) is 13.2 Å². The summed E-state index contributed by atoms with van der Waals surface area (Å²) < 4.78 is 63.9. The van der Waals surface area contributed by atoms with E-state index in [0.717, 1.165) is 39.8 Å². The molecule has 0 radical (unpaired) electrons. The minimum atomic E-state index is -4.49. The van der Waals surface area contributed by atoms with Crippen LogP contribution in [0.2, 0.25) is 0 Å². The van der Waals surface area contributed by atoms with Gasteiger partial charge >= 0.3 is 6.18 Å². The highest BCUT2D eigenvalue weighted by molar-refractivity contribution is 7.89. The van der Waals surface area contributed by atoms with Crippen molar-refractivity contribution in [3.05, 3.63) is 45.4 Å². The van der Waals surface area contributed by atoms with Crippen LogP contribution in [0, 0.1) is 13.8 Å². The molecular weight excluding hydrogens is 337 g/mol. The Hall–Kier alpha value is -1.45. The third-order valence-electron chi connectivity index (χ3n) is 2.91. The van der Waals surface area contributed by atoms with E-state index in [1.807, 2.05) is 6.92 Å². The van der Waals surface area contributed by atoms with Gasteiger partial charge in [-0.15, -0.1) is 11.3 Å². The van der Waals surface area contributed by atoms with Crippen LogP contribution < -0.4 is 4.72 Å². The molecule has 0 bridgehead atoms. The number of hydrogen-bond donors (Lipinski definition) is 1. The first-order valence-corrected chi connectivity index (χ1v) is 8.49. The third-order valence-corrected chi connectivity index (χ3v) is 5.40. The molecule has 1 aromatic heterocycles. The molecule has 0 saturated heterocycles. The zero-order valence-corrected chi connectivity index (χ0v) is 13.4. The molecule has 2 rings (SSSR count). The lowest BCUT2D eigenvalue weighted by atomic mass is 10.2. The first-order chi connectivity index (χ1) is 10.1. The summed E-state index contributed by atoms with van der Waals surface area (Å²) in [6, 6.07) is 3.37. The van der Waals surface area contributed by atoms with Crippen LogP contribution in [0.25, 0.3) is 0 Å². The molecule has 0 aliphatic rings. The van der Waals surface area contributed by atoms with Crippen LogP contribution in [0.4, 0.5) is 13.2 Å². The monoisotopic (exact) mass is 350 g/mol. The molecule has 1 aromatic carbocycles. The van der Waals surface area contributed by atoms with Gasteiger partial charge < -0.3 is 0 Å². The number of benzene rings is 1. The molecule has 0 unspecified atom stereocenters. The molecule has 2 aromatic rings. The fourth-order valence-electron chi connectivity index (χ4n) is 1.80. The summed E-state index contributed by atoms with van der Waals surface area (Å²) in [7, 11) is -3.87. The predicted octanol–water partition coefficient (Wildman–Crippen LogP) is 3.26. The van der Waals surface area contributed by atoms with Crippen molar-refractivity contribution in [2.45, 2.75) is 31.5 Å². The number of rotatable bonds is 4. The van der Waals surface area contributed by atoms with Gasteiger partial charge in [0.2, 0.25) is 10.0 Å². The number of alkyl halides is 3. The minimum Gasteiger partial charge on any atom is -0.247 e. The summed E-state index contributed by atoms with van der Waals surface area (Å²) in [6.07, 6.45) is -4.49. The van der Waals surface area contributed by atoms with E-state index in [9.17, 15) is 21.6 Å². The van der Waals surface area contributed by atoms with E-state index < -0.39 is 21.8 Å². The highest BCUT2D eigenvalue weighted by Crippen LogP contribution is 2.29. The van der Waals surface area contributed by atoms with Gasteiger partial charge in [0.1, 0.15) is 0 Å². The van der Waals surface area contributed by atoms with E-state index in [2.05, 4.69) is 9.71 Å². The Kier molecular flexibility index (Phi) is 4.59. The van der Waals surface area contributed by atoms with Crippen LogP contribution in [0.1, 0.15) is 21.1 Å². The van der Waals surface area contributed by atoms with Gasteiger partial charge in [0, 0.05) is 11.4 Å². The Morgan fingerprint density at radius 1 is 1.18 bits per heavy atom. The molecule has 0 spiro atoms. The van der Waals surface area contributed by atoms with Crippen molar-refractivity contribution in [1.82, 2.24) is 9.71 Å². The lowest BCUT2D eigenvalue weighted by Crippen LogP contribution is -2.23. The van der Waals surface area contributed by atoms with E-state index in [1.165, 1.54) is 11.3 Å². The number of nitrogens with zero attached hydrogens (tertiary/aromatic N) is 1. The first-order valence-electron chi connectivity index (χ1n) is 6.19. The van der Waals surface area contributed by atoms with Crippen molar-refractivity contribution in [2.75, 3.05) is 0 Å². The summed E-state index contributed by atoms with van der Waals surface area (Å²) in [5.74, 6) is 0. The quantitative estimate of drug-likeness (QED) is 0.921. The van der Waals surface area contributed by atoms with Crippen LogP contribution >= 0.6 is 11.3 Å². The Labute approximate surface area is 130 Å². The van der Waals surface area contributed by atoms with Gasteiger partial charge in [0.15, 0.2) is 0 Å². The van der Waals surface area contributed by atoms with Gasteiger partial charge in [-0.3, -0.25) is 0 Å². The average molecular weight is 350 g/mol. The maximum atomic E-state index is 12.5. The van der Waals surface area contributed by atoms with E-state index in [0.29, 0.717) is 0 Å². The van der Waals surface area contributed by atoms with Crippen LogP contribution in [0.15, 0.2) is 29.2 Å². The molecule has 0 aliphatic carbocycles. The van der Waals surface area contributed by atoms with E-state index in [4.69, 9.17) is 0 Å². The molecule has 0 fully saturated rings. The predicted molar refractivity (Wildman–Crippen MR) is 77.1 cm³/mol. The van der Waals surface area contributed by atoms with Crippen LogP contribution in [-0.2, 0) is 22.7 Å². The smallest absolute Gasteiger partial charge is 0.247 e. The maximum absolute atomic E-state index is 12.5. The van der Waals surface area contributed by atoms with Crippen molar-refractivity contribution in [2.24, 2.45) is 0 Å². The lowest BCUT2D eigenvalue weighted by Gasteiger charge is -2.09. The van der Waals surface area contributed by atoms with E-state index in [1.54, 1.807) is 6.92 Å². The summed E-state index contributed by atoms with van der Waals surface area (Å²) >= 11 is 1.37. The van der Waals surface area contributed by atoms with Gasteiger partial charge in [0.05, 0.1) is 21.2 Å². The second-order valence-corrected chi connectivity index (χ2v) is 7.64. The molecular formula is C13H13F3N2O2S2. The van der Waals surface area contributed by atoms with Gasteiger partial charge in [0.25, 0.3) is 0 Å². The summed E-state index contributed by atoms with van der Waals surface area (Å²) in [6.45, 7) is 3.64. The highest BCUT2D eigenvalue weighted by Gasteiger charge is 2.30. The summed E-state index contributed by atoms with van der Waals surface area (Å²) in [5.41, 5.74) is -0.155. The third kappa shape index (κ3) is 3.84. The largest absolute Gasteiger partial charge is 0.416 e. The molecule has 1 N–H and O–H groups in total. The molecule has 22 heavy (non-hydrogen) atoms. The van der Waals surface area contributed by atoms with Crippen LogP contribution in [0.5, 0.6) is 0 Å². The molecule has 1 heterocycles. The van der Waals surface area contributed by atoms with E-state index >= 15 is 0 Å². The average Bonchev–Trinajstić information content (AvgIpc) is 2.74. The van der Waals surface area contributed by atoms with Crippen molar-refractivity contribution in [1.29, 1.82) is 0 Å². The highest BCUT2D eigenvalue weighted by atomic mass is 32.2. The molecule has 9 heteroatoms. The topological polar surface area (TPSA) is 59.1 Å². The Morgan fingerprint density at radius 2 is 1.77 bits per heavy atom. The number of aryl methyl sites for hydroxylation is 2. The van der Waals surface area contributed by atoms with Crippen LogP contribution in [-0.4, -0.2) is 13.4 Å². The summed E-state index contributed by atoms with van der Waals surface area (Å²) in [4.78, 5) is 4.74. The standard InChI is InChI=1S/C13H13F3N2O2S2/c1-8-12(21-9(2)18-8)7-17-22(19,20)11-5-3-10(4-6-11)13(14,15)16/h3-6,17H,7H2,1-2H3. The molecule has 0 atom stereocenters. The van der Waals surface area contributed by atoms with Gasteiger partial charge in [-0.1, -0.05) is 0 Å². The number of nitrogens with one attached hydrogen (secondary N) is 1. The second-order valence-electron chi connectivity index (χ2n) is 4.59. The summed E-state index contributed by atoms with van der Waals surface area (Å²) in [5, 5.41) is 0.821. The molecule has 0 saturated carbocycles. The number of aromatic nitrogens is 1. The zero-order valence-electron chi connectivity index (χ0n) is 11.7. The van der Waals surface area contributed by atoms with E-state index in [-0.39, 0.29) is 11.4 Å². The Bertz CT molecular complexity index is 766. The van der Waals surface area contributed by atoms with Crippen molar-refractivity contribution in [3.8, 4) is 0 Å². The normalized spacial score (nSPS) is 12.6. The fourth-order valence-corrected chi connectivity index (χ4v) is 3.77. The SMILES string of the molecule is Cc1nc(C)c(CNS(=O)(=O)c2ccc(C(F)(F)F)cc2)s1. The van der Waals surface area contributed by atoms with Gasteiger partial charge in [-0.25, -0.2) is 18.1 Å². The molecule has 0 amide bonds. The Balaban J connectivity index is 2.15. The number of hydrogen-bond acceptors (Lipinski definition) is 4.